The molecule has 1 fully saturated rings. The van der Waals surface area contributed by atoms with Crippen molar-refractivity contribution in [3.05, 3.63) is 0 Å². The summed E-state index contributed by atoms with van der Waals surface area (Å²) in [4.78, 5) is 50.0. The summed E-state index contributed by atoms with van der Waals surface area (Å²) in [6, 6.07) is -2.09. The van der Waals surface area contributed by atoms with Gasteiger partial charge in [-0.3, -0.25) is 14.4 Å². The Labute approximate surface area is 205 Å². The monoisotopic (exact) mass is 481 g/mol. The van der Waals surface area contributed by atoms with Gasteiger partial charge in [0.25, 0.3) is 0 Å². The molecule has 3 N–H and O–H groups in total. The number of ether oxygens (including phenoxy) is 1. The number of rotatable bonds is 18. The van der Waals surface area contributed by atoms with Crippen LogP contribution in [-0.4, -0.2) is 54.3 Å². The van der Waals surface area contributed by atoms with E-state index in [1.807, 2.05) is 34.6 Å². The van der Waals surface area contributed by atoms with Crippen molar-refractivity contribution in [3.8, 4) is 0 Å². The van der Waals surface area contributed by atoms with Crippen molar-refractivity contribution < 1.29 is 23.9 Å². The van der Waals surface area contributed by atoms with E-state index in [-0.39, 0.29) is 35.2 Å². The molecule has 196 valence electrons. The van der Waals surface area contributed by atoms with E-state index >= 15 is 0 Å². The number of amides is 3. The number of nitrogens with one attached hydrogen (secondary N) is 3. The van der Waals surface area contributed by atoms with Crippen LogP contribution in [0.5, 0.6) is 0 Å². The van der Waals surface area contributed by atoms with Gasteiger partial charge in [0.05, 0.1) is 18.2 Å². The van der Waals surface area contributed by atoms with Crippen molar-refractivity contribution in [2.45, 2.75) is 123 Å². The van der Waals surface area contributed by atoms with E-state index in [1.165, 1.54) is 0 Å². The summed E-state index contributed by atoms with van der Waals surface area (Å²) in [5, 5.41) is 8.48. The van der Waals surface area contributed by atoms with E-state index in [4.69, 9.17) is 4.74 Å². The lowest BCUT2D eigenvalue weighted by Gasteiger charge is -2.26. The van der Waals surface area contributed by atoms with Crippen LogP contribution in [0.2, 0.25) is 0 Å². The molecule has 1 aliphatic heterocycles. The Bertz CT molecular complexity index is 663. The van der Waals surface area contributed by atoms with E-state index in [2.05, 4.69) is 22.9 Å². The van der Waals surface area contributed by atoms with Gasteiger partial charge in [-0.2, -0.15) is 0 Å². The molecule has 0 aromatic heterocycles. The molecule has 0 aromatic rings. The molecule has 0 aliphatic carbocycles. The Morgan fingerprint density at radius 1 is 0.971 bits per heavy atom. The Kier molecular flexibility index (Phi) is 13.4. The molecule has 3 amide bonds. The molecule has 34 heavy (non-hydrogen) atoms. The molecule has 8 nitrogen and oxygen atoms in total. The topological polar surface area (TPSA) is 117 Å². The molecule has 1 aliphatic rings. The van der Waals surface area contributed by atoms with E-state index in [1.54, 1.807) is 0 Å². The SMILES string of the molecule is CCCCCC(=O)N[C@@H](C(=O)N[C@@H](CCCC)C(=O)NC(C=O)C[C@H](C)C[C@]1(C)CO1)C(C)C. The van der Waals surface area contributed by atoms with E-state index < -0.39 is 18.1 Å². The fraction of sp³-hybridized carbons (Fsp3) is 0.846. The molecule has 1 saturated heterocycles. The number of aldehydes is 1. The molecule has 0 saturated carbocycles. The van der Waals surface area contributed by atoms with Crippen LogP contribution >= 0.6 is 0 Å². The van der Waals surface area contributed by atoms with E-state index in [9.17, 15) is 19.2 Å². The summed E-state index contributed by atoms with van der Waals surface area (Å²) in [5.41, 5.74) is -0.110. The molecule has 1 rings (SSSR count). The van der Waals surface area contributed by atoms with Crippen LogP contribution < -0.4 is 16.0 Å². The van der Waals surface area contributed by atoms with Crippen LogP contribution in [0, 0.1) is 11.8 Å². The molecule has 1 heterocycles. The second kappa shape index (κ2) is 15.1. The first kappa shape index (κ1) is 30.1. The van der Waals surface area contributed by atoms with Crippen molar-refractivity contribution in [2.75, 3.05) is 6.61 Å². The highest BCUT2D eigenvalue weighted by Crippen LogP contribution is 2.34. The highest BCUT2D eigenvalue weighted by molar-refractivity contribution is 5.92. The zero-order chi connectivity index (χ0) is 25.7. The van der Waals surface area contributed by atoms with Crippen LogP contribution in [0.3, 0.4) is 0 Å². The van der Waals surface area contributed by atoms with Gasteiger partial charge < -0.3 is 25.5 Å². The minimum absolute atomic E-state index is 0.110. The van der Waals surface area contributed by atoms with Crippen molar-refractivity contribution in [1.29, 1.82) is 0 Å². The van der Waals surface area contributed by atoms with Gasteiger partial charge in [0.2, 0.25) is 17.7 Å². The molecule has 0 radical (unpaired) electrons. The van der Waals surface area contributed by atoms with Gasteiger partial charge >= 0.3 is 0 Å². The zero-order valence-corrected chi connectivity index (χ0v) is 22.1. The Hall–Kier alpha value is -1.96. The highest BCUT2D eigenvalue weighted by Gasteiger charge is 2.40. The van der Waals surface area contributed by atoms with Crippen LogP contribution in [0.4, 0.5) is 0 Å². The first-order chi connectivity index (χ1) is 16.0. The fourth-order valence-corrected chi connectivity index (χ4v) is 4.18. The van der Waals surface area contributed by atoms with Crippen LogP contribution in [0.25, 0.3) is 0 Å². The standard InChI is InChI=1S/C26H47N3O5/c1-7-9-11-13-22(31)29-23(18(3)4)25(33)28-21(12-10-8-2)24(32)27-20(16-30)14-19(5)15-26(6)17-34-26/h16,18-21,23H,7-15,17H2,1-6H3,(H,27,32)(H,28,33)(H,29,31)/t19-,20?,21-,23+,26+/m0/s1. The number of epoxide rings is 1. The quantitative estimate of drug-likeness (QED) is 0.158. The third kappa shape index (κ3) is 11.4. The molecular formula is C26H47N3O5. The first-order valence-corrected chi connectivity index (χ1v) is 13.0. The maximum absolute atomic E-state index is 13.0. The summed E-state index contributed by atoms with van der Waals surface area (Å²) >= 11 is 0. The van der Waals surface area contributed by atoms with E-state index in [0.717, 1.165) is 51.4 Å². The molecule has 8 heteroatoms. The van der Waals surface area contributed by atoms with Crippen LogP contribution in [0.1, 0.15) is 99.3 Å². The minimum Gasteiger partial charge on any atom is -0.370 e. The molecule has 5 atom stereocenters. The number of carbonyl (C=O) groups excluding carboxylic acids is 4. The Morgan fingerprint density at radius 3 is 2.15 bits per heavy atom. The lowest BCUT2D eigenvalue weighted by atomic mass is 9.92. The van der Waals surface area contributed by atoms with Crippen LogP contribution in [-0.2, 0) is 23.9 Å². The normalized spacial score (nSPS) is 20.7. The second-order valence-corrected chi connectivity index (χ2v) is 10.5. The van der Waals surface area contributed by atoms with Gasteiger partial charge in [-0.05, 0) is 44.4 Å². The summed E-state index contributed by atoms with van der Waals surface area (Å²) in [6.45, 7) is 12.6. The van der Waals surface area contributed by atoms with Gasteiger partial charge in [0, 0.05) is 6.42 Å². The second-order valence-electron chi connectivity index (χ2n) is 10.5. The minimum atomic E-state index is -0.757. The maximum atomic E-state index is 13.0. The highest BCUT2D eigenvalue weighted by atomic mass is 16.6. The largest absolute Gasteiger partial charge is 0.370 e. The summed E-state index contributed by atoms with van der Waals surface area (Å²) in [6.07, 6.45) is 7.35. The molecular weight excluding hydrogens is 434 g/mol. The lowest BCUT2D eigenvalue weighted by Crippen LogP contribution is -2.56. The van der Waals surface area contributed by atoms with Crippen LogP contribution in [0.15, 0.2) is 0 Å². The molecule has 0 aromatic carbocycles. The van der Waals surface area contributed by atoms with E-state index in [0.29, 0.717) is 19.3 Å². The number of hydrogen-bond donors (Lipinski definition) is 3. The Balaban J connectivity index is 2.74. The average molecular weight is 482 g/mol. The third-order valence-corrected chi connectivity index (χ3v) is 6.32. The van der Waals surface area contributed by atoms with Gasteiger partial charge in [0.15, 0.2) is 0 Å². The fourth-order valence-electron chi connectivity index (χ4n) is 4.18. The molecule has 0 bridgehead atoms. The van der Waals surface area contributed by atoms with Gasteiger partial charge in [-0.15, -0.1) is 0 Å². The smallest absolute Gasteiger partial charge is 0.243 e. The zero-order valence-electron chi connectivity index (χ0n) is 22.1. The first-order valence-electron chi connectivity index (χ1n) is 13.0. The summed E-state index contributed by atoms with van der Waals surface area (Å²) in [7, 11) is 0. The Morgan fingerprint density at radius 2 is 1.62 bits per heavy atom. The van der Waals surface area contributed by atoms with Gasteiger partial charge in [-0.25, -0.2) is 0 Å². The van der Waals surface area contributed by atoms with Crippen molar-refractivity contribution in [2.24, 2.45) is 11.8 Å². The van der Waals surface area contributed by atoms with Crippen molar-refractivity contribution in [3.63, 3.8) is 0 Å². The molecule has 0 spiro atoms. The summed E-state index contributed by atoms with van der Waals surface area (Å²) in [5.74, 6) is -0.804. The average Bonchev–Trinajstić information content (AvgIpc) is 3.50. The lowest BCUT2D eigenvalue weighted by molar-refractivity contribution is -0.133. The third-order valence-electron chi connectivity index (χ3n) is 6.32. The molecule has 1 unspecified atom stereocenters. The van der Waals surface area contributed by atoms with Crippen molar-refractivity contribution >= 4 is 24.0 Å². The number of unbranched alkanes of at least 4 members (excludes halogenated alkanes) is 3. The predicted molar refractivity (Wildman–Crippen MR) is 133 cm³/mol. The maximum Gasteiger partial charge on any atom is 0.243 e. The summed E-state index contributed by atoms with van der Waals surface area (Å²) < 4.78 is 5.43. The number of hydrogen-bond acceptors (Lipinski definition) is 5. The van der Waals surface area contributed by atoms with Gasteiger partial charge in [0.1, 0.15) is 18.4 Å². The number of carbonyl (C=O) groups is 4. The predicted octanol–water partition coefficient (Wildman–Crippen LogP) is 3.27. The van der Waals surface area contributed by atoms with Gasteiger partial charge in [-0.1, -0.05) is 60.3 Å². The van der Waals surface area contributed by atoms with Crippen molar-refractivity contribution in [1.82, 2.24) is 16.0 Å².